The van der Waals surface area contributed by atoms with Gasteiger partial charge in [-0.2, -0.15) is 36.9 Å². The Bertz CT molecular complexity index is 2410. The molecule has 0 amide bonds. The number of nitrogens with one attached hydrogen (secondary N) is 2. The molecule has 49 heavy (non-hydrogen) atoms. The first-order chi connectivity index (χ1) is 22.9. The molecule has 0 atom stereocenters. The number of azo groups is 1. The molecule has 0 fully saturated rings. The van der Waals surface area contributed by atoms with Gasteiger partial charge in [-0.05, 0) is 66.0 Å². The number of carbonyl (C=O) groups is 2. The van der Waals surface area contributed by atoms with Crippen LogP contribution >= 0.6 is 11.6 Å². The maximum Gasteiger partial charge on any atom is 0.335 e. The van der Waals surface area contributed by atoms with Gasteiger partial charge >= 0.3 is 11.9 Å². The summed E-state index contributed by atoms with van der Waals surface area (Å²) in [6.07, 6.45) is 0. The Morgan fingerprint density at radius 3 is 1.92 bits per heavy atom. The van der Waals surface area contributed by atoms with Crippen LogP contribution in [0.2, 0.25) is 5.02 Å². The average Bonchev–Trinajstić information content (AvgIpc) is 2.99. The Morgan fingerprint density at radius 2 is 1.37 bits per heavy atom. The Labute approximate surface area is 279 Å². The van der Waals surface area contributed by atoms with E-state index in [1.807, 2.05) is 0 Å². The molecule has 0 unspecified atom stereocenters. The van der Waals surface area contributed by atoms with Crippen molar-refractivity contribution in [1.82, 2.24) is 15.0 Å². The van der Waals surface area contributed by atoms with Gasteiger partial charge in [0, 0.05) is 16.1 Å². The van der Waals surface area contributed by atoms with Crippen LogP contribution in [-0.2, 0) is 20.2 Å². The number of halogens is 1. The van der Waals surface area contributed by atoms with Crippen LogP contribution in [0, 0.1) is 0 Å². The SMILES string of the molecule is Nc1nc(Nc2cc(C(=O)O)cc(C(=O)O)c2)nc(Nc2cc(S(=O)(=O)O)cc3cc(S(=O)(=O)O)c(N=Nc4ccc(Cl)cc4)c(O)c23)n1. The first-order valence-electron chi connectivity index (χ1n) is 13.0. The van der Waals surface area contributed by atoms with E-state index >= 15 is 0 Å². The number of aromatic nitrogens is 3. The zero-order valence-electron chi connectivity index (χ0n) is 24.0. The number of aromatic carboxylic acids is 2. The predicted molar refractivity (Wildman–Crippen MR) is 172 cm³/mol. The molecular weight excluding hydrogens is 712 g/mol. The summed E-state index contributed by atoms with van der Waals surface area (Å²) in [6.45, 7) is 0. The van der Waals surface area contributed by atoms with E-state index in [1.54, 1.807) is 0 Å². The number of nitrogens with zero attached hydrogens (tertiary/aromatic N) is 5. The molecule has 19 nitrogen and oxygen atoms in total. The van der Waals surface area contributed by atoms with Gasteiger partial charge in [-0.25, -0.2) is 9.59 Å². The molecule has 0 saturated heterocycles. The number of fused-ring (bicyclic) bond motifs is 1. The summed E-state index contributed by atoms with van der Waals surface area (Å²) >= 11 is 5.87. The van der Waals surface area contributed by atoms with Crippen molar-refractivity contribution in [2.24, 2.45) is 10.2 Å². The number of carboxylic acid groups (broad SMARTS) is 2. The monoisotopic (exact) mass is 730 g/mol. The second-order valence-electron chi connectivity index (χ2n) is 9.77. The van der Waals surface area contributed by atoms with Crippen LogP contribution in [0.3, 0.4) is 0 Å². The van der Waals surface area contributed by atoms with E-state index in [9.17, 15) is 50.8 Å². The molecule has 0 bridgehead atoms. The van der Waals surface area contributed by atoms with E-state index < -0.39 is 65.3 Å². The molecule has 1 aromatic heterocycles. The lowest BCUT2D eigenvalue weighted by Crippen LogP contribution is -2.09. The third-order valence-corrected chi connectivity index (χ3v) is 8.32. The van der Waals surface area contributed by atoms with E-state index in [-0.39, 0.29) is 44.9 Å². The molecule has 5 rings (SSSR count). The molecule has 252 valence electrons. The summed E-state index contributed by atoms with van der Waals surface area (Å²) in [5, 5.41) is 42.6. The minimum atomic E-state index is -5.14. The Balaban J connectivity index is 1.67. The number of carboxylic acids is 2. The number of nitrogens with two attached hydrogens (primary N) is 1. The number of aromatic hydroxyl groups is 1. The molecule has 0 aliphatic carbocycles. The van der Waals surface area contributed by atoms with Crippen LogP contribution in [0.5, 0.6) is 5.75 Å². The van der Waals surface area contributed by atoms with Crippen molar-refractivity contribution < 1.29 is 50.8 Å². The highest BCUT2D eigenvalue weighted by Gasteiger charge is 2.26. The third kappa shape index (κ3) is 7.77. The second kappa shape index (κ2) is 12.9. The smallest absolute Gasteiger partial charge is 0.335 e. The summed E-state index contributed by atoms with van der Waals surface area (Å²) in [5.74, 6) is -5.06. The van der Waals surface area contributed by atoms with E-state index in [0.29, 0.717) is 5.02 Å². The predicted octanol–water partition coefficient (Wildman–Crippen LogP) is 4.76. The molecule has 0 aliphatic rings. The van der Waals surface area contributed by atoms with Crippen LogP contribution in [-0.4, -0.2) is 68.2 Å². The van der Waals surface area contributed by atoms with Crippen LogP contribution in [0.4, 0.5) is 40.6 Å². The summed E-state index contributed by atoms with van der Waals surface area (Å²) < 4.78 is 68.7. The Hall–Kier alpha value is -6.00. The van der Waals surface area contributed by atoms with Gasteiger partial charge in [0.1, 0.15) is 10.6 Å². The number of rotatable bonds is 10. The van der Waals surface area contributed by atoms with Gasteiger partial charge in [-0.3, -0.25) is 9.11 Å². The summed E-state index contributed by atoms with van der Waals surface area (Å²) in [5.41, 5.74) is 3.98. The van der Waals surface area contributed by atoms with Gasteiger partial charge in [0.05, 0.1) is 27.4 Å². The van der Waals surface area contributed by atoms with Gasteiger partial charge in [-0.15, -0.1) is 5.11 Å². The summed E-state index contributed by atoms with van der Waals surface area (Å²) in [6, 6.07) is 11.2. The highest BCUT2D eigenvalue weighted by atomic mass is 35.5. The van der Waals surface area contributed by atoms with Crippen molar-refractivity contribution in [2.75, 3.05) is 16.4 Å². The molecular formula is C27H19ClN8O11S2. The maximum absolute atomic E-state index is 12.3. The first kappa shape index (κ1) is 34.3. The molecule has 22 heteroatoms. The van der Waals surface area contributed by atoms with Crippen molar-refractivity contribution >= 4 is 95.1 Å². The largest absolute Gasteiger partial charge is 0.505 e. The lowest BCUT2D eigenvalue weighted by Gasteiger charge is -2.15. The topological polar surface area (TPSA) is 317 Å². The molecule has 9 N–H and O–H groups in total. The number of phenols is 1. The van der Waals surface area contributed by atoms with Gasteiger partial charge < -0.3 is 31.7 Å². The highest BCUT2D eigenvalue weighted by molar-refractivity contribution is 7.86. The lowest BCUT2D eigenvalue weighted by molar-refractivity contribution is 0.0696. The van der Waals surface area contributed by atoms with Crippen LogP contribution in [0.15, 0.2) is 80.7 Å². The second-order valence-corrected chi connectivity index (χ2v) is 13.0. The Kier molecular flexibility index (Phi) is 9.04. The summed E-state index contributed by atoms with van der Waals surface area (Å²) in [4.78, 5) is 33.1. The van der Waals surface area contributed by atoms with Crippen LogP contribution in [0.25, 0.3) is 10.8 Å². The number of hydrogen-bond donors (Lipinski definition) is 8. The van der Waals surface area contributed by atoms with Gasteiger partial charge in [0.2, 0.25) is 17.8 Å². The fourth-order valence-electron chi connectivity index (χ4n) is 4.32. The molecule has 0 saturated carbocycles. The maximum atomic E-state index is 12.3. The minimum absolute atomic E-state index is 0.0845. The van der Waals surface area contributed by atoms with Crippen molar-refractivity contribution in [2.45, 2.75) is 9.79 Å². The highest BCUT2D eigenvalue weighted by Crippen LogP contribution is 2.45. The lowest BCUT2D eigenvalue weighted by atomic mass is 10.1. The average molecular weight is 731 g/mol. The normalized spacial score (nSPS) is 11.9. The van der Waals surface area contributed by atoms with Crippen LogP contribution in [0.1, 0.15) is 20.7 Å². The zero-order chi connectivity index (χ0) is 35.8. The minimum Gasteiger partial charge on any atom is -0.505 e. The van der Waals surface area contributed by atoms with E-state index in [1.165, 1.54) is 24.3 Å². The molecule has 4 aromatic carbocycles. The van der Waals surface area contributed by atoms with Crippen molar-refractivity contribution in [3.05, 3.63) is 76.8 Å². The number of benzene rings is 4. The van der Waals surface area contributed by atoms with Crippen molar-refractivity contribution in [3.63, 3.8) is 0 Å². The van der Waals surface area contributed by atoms with E-state index in [0.717, 1.165) is 36.4 Å². The van der Waals surface area contributed by atoms with Crippen molar-refractivity contribution in [1.29, 1.82) is 0 Å². The van der Waals surface area contributed by atoms with E-state index in [2.05, 4.69) is 35.8 Å². The number of nitrogen functional groups attached to an aromatic ring is 1. The summed E-state index contributed by atoms with van der Waals surface area (Å²) in [7, 11) is -10.1. The first-order valence-corrected chi connectivity index (χ1v) is 16.3. The van der Waals surface area contributed by atoms with Gasteiger partial charge in [-0.1, -0.05) is 11.6 Å². The molecule has 1 heterocycles. The molecule has 5 aromatic rings. The zero-order valence-corrected chi connectivity index (χ0v) is 26.4. The molecule has 0 radical (unpaired) electrons. The third-order valence-electron chi connectivity index (χ3n) is 6.37. The van der Waals surface area contributed by atoms with E-state index in [4.69, 9.17) is 17.3 Å². The quantitative estimate of drug-likeness (QED) is 0.0709. The number of anilines is 5. The fraction of sp³-hybridized carbons (Fsp3) is 0. The van der Waals surface area contributed by atoms with Crippen LogP contribution < -0.4 is 16.4 Å². The Morgan fingerprint density at radius 1 is 0.776 bits per heavy atom. The standard InChI is InChI=1S/C27H19ClN8O11S2/c28-14-1-3-15(4-2-14)35-36-21-19(49(45,46)47)9-11-8-17(48(42,43)44)10-18(20(11)22(21)37)31-27-33-25(29)32-26(34-27)30-16-6-12(23(38)39)5-13(7-16)24(40)41/h1-10,37H,(H,38,39)(H,40,41)(H,42,43,44)(H,45,46,47)(H4,29,30,31,32,33,34). The van der Waals surface area contributed by atoms with Gasteiger partial charge in [0.15, 0.2) is 5.75 Å². The number of hydrogen-bond acceptors (Lipinski definition) is 15. The number of phenolic OH excluding ortho intramolecular Hbond substituents is 1. The van der Waals surface area contributed by atoms with Gasteiger partial charge in [0.25, 0.3) is 20.2 Å². The van der Waals surface area contributed by atoms with Crippen molar-refractivity contribution in [3.8, 4) is 5.75 Å². The molecule has 0 spiro atoms. The fourth-order valence-corrected chi connectivity index (χ4v) is 5.64. The molecule has 0 aliphatic heterocycles.